The van der Waals surface area contributed by atoms with Crippen molar-refractivity contribution in [3.05, 3.63) is 104 Å². The van der Waals surface area contributed by atoms with Gasteiger partial charge in [-0.15, -0.1) is 0 Å². The van der Waals surface area contributed by atoms with Gasteiger partial charge in [0.2, 0.25) is 0 Å². The summed E-state index contributed by atoms with van der Waals surface area (Å²) in [7, 11) is 0. The molecule has 0 saturated heterocycles. The second kappa shape index (κ2) is 9.15. The van der Waals surface area contributed by atoms with Gasteiger partial charge in [-0.05, 0) is 64.3 Å². The molecule has 0 saturated carbocycles. The number of ether oxygens (including phenoxy) is 1. The van der Waals surface area contributed by atoms with E-state index in [1.165, 1.54) is 17.1 Å². The van der Waals surface area contributed by atoms with Gasteiger partial charge < -0.3 is 4.74 Å². The average Bonchev–Trinajstić information content (AvgIpc) is 3.07. The number of nitrogens with zero attached hydrogens (tertiary/aromatic N) is 3. The summed E-state index contributed by atoms with van der Waals surface area (Å²) in [6.45, 7) is 2.00. The molecule has 8 heteroatoms. The SMILES string of the molecule is CC1=NN(c2ccccc2)C(=O)/C1=C/c1ccc(OCc2cccc([N+](=O)[O-])c2)c(Br)c1. The molecule has 0 unspecified atom stereocenters. The first-order valence-corrected chi connectivity index (χ1v) is 10.5. The van der Waals surface area contributed by atoms with Crippen molar-refractivity contribution in [1.82, 2.24) is 0 Å². The van der Waals surface area contributed by atoms with Crippen molar-refractivity contribution in [3.63, 3.8) is 0 Å². The van der Waals surface area contributed by atoms with Crippen LogP contribution in [0.25, 0.3) is 6.08 Å². The third-order valence-electron chi connectivity index (χ3n) is 4.85. The van der Waals surface area contributed by atoms with E-state index < -0.39 is 4.92 Å². The number of non-ortho nitro benzene ring substituents is 1. The van der Waals surface area contributed by atoms with Gasteiger partial charge in [0.05, 0.1) is 26.4 Å². The van der Waals surface area contributed by atoms with Gasteiger partial charge in [-0.2, -0.15) is 10.1 Å². The lowest BCUT2D eigenvalue weighted by Crippen LogP contribution is -2.21. The van der Waals surface area contributed by atoms with Crippen LogP contribution in [0.1, 0.15) is 18.1 Å². The lowest BCUT2D eigenvalue weighted by Gasteiger charge is -2.11. The van der Waals surface area contributed by atoms with Gasteiger partial charge in [-0.3, -0.25) is 14.9 Å². The van der Waals surface area contributed by atoms with Gasteiger partial charge in [0.25, 0.3) is 11.6 Å². The normalized spacial score (nSPS) is 14.6. The summed E-state index contributed by atoms with van der Waals surface area (Å²) in [4.78, 5) is 23.4. The molecule has 160 valence electrons. The van der Waals surface area contributed by atoms with Crippen molar-refractivity contribution in [3.8, 4) is 5.75 Å². The second-order valence-electron chi connectivity index (χ2n) is 7.10. The lowest BCUT2D eigenvalue weighted by atomic mass is 10.1. The van der Waals surface area contributed by atoms with Crippen LogP contribution in [0.5, 0.6) is 5.75 Å². The number of nitro groups is 1. The predicted octanol–water partition coefficient (Wildman–Crippen LogP) is 5.74. The zero-order valence-corrected chi connectivity index (χ0v) is 18.7. The third kappa shape index (κ3) is 4.60. The summed E-state index contributed by atoms with van der Waals surface area (Å²) in [6.07, 6.45) is 1.79. The van der Waals surface area contributed by atoms with Crippen LogP contribution < -0.4 is 9.75 Å². The van der Waals surface area contributed by atoms with Crippen molar-refractivity contribution in [2.45, 2.75) is 13.5 Å². The third-order valence-corrected chi connectivity index (χ3v) is 5.47. The number of amides is 1. The van der Waals surface area contributed by atoms with Crippen LogP contribution in [0.4, 0.5) is 11.4 Å². The summed E-state index contributed by atoms with van der Waals surface area (Å²) < 4.78 is 6.52. The van der Waals surface area contributed by atoms with Crippen LogP contribution in [0.15, 0.2) is 87.9 Å². The Morgan fingerprint density at radius 1 is 1.09 bits per heavy atom. The Hall–Kier alpha value is -3.78. The number of hydrogen-bond acceptors (Lipinski definition) is 5. The lowest BCUT2D eigenvalue weighted by molar-refractivity contribution is -0.384. The van der Waals surface area contributed by atoms with Gasteiger partial charge in [-0.25, -0.2) is 0 Å². The molecule has 0 fully saturated rings. The van der Waals surface area contributed by atoms with Crippen molar-refractivity contribution < 1.29 is 14.5 Å². The molecule has 0 aliphatic carbocycles. The molecule has 0 spiro atoms. The number of nitro benzene ring substituents is 1. The highest BCUT2D eigenvalue weighted by Gasteiger charge is 2.28. The van der Waals surface area contributed by atoms with Crippen molar-refractivity contribution in [2.24, 2.45) is 5.10 Å². The topological polar surface area (TPSA) is 85.0 Å². The Balaban J connectivity index is 1.49. The first-order valence-electron chi connectivity index (χ1n) is 9.75. The Labute approximate surface area is 192 Å². The highest BCUT2D eigenvalue weighted by molar-refractivity contribution is 9.10. The molecule has 1 amide bonds. The number of carbonyl (C=O) groups excluding carboxylic acids is 1. The molecule has 0 atom stereocenters. The summed E-state index contributed by atoms with van der Waals surface area (Å²) in [6, 6.07) is 21.1. The molecule has 0 radical (unpaired) electrons. The maximum atomic E-state index is 12.9. The molecule has 1 aliphatic heterocycles. The van der Waals surface area contributed by atoms with Crippen LogP contribution in [-0.2, 0) is 11.4 Å². The largest absolute Gasteiger partial charge is 0.488 e. The minimum absolute atomic E-state index is 0.0231. The van der Waals surface area contributed by atoms with Gasteiger partial charge in [-0.1, -0.05) is 36.4 Å². The van der Waals surface area contributed by atoms with Crippen molar-refractivity contribution in [1.29, 1.82) is 0 Å². The number of hydrogen-bond donors (Lipinski definition) is 0. The van der Waals surface area contributed by atoms with E-state index in [-0.39, 0.29) is 18.2 Å². The molecule has 32 heavy (non-hydrogen) atoms. The number of benzene rings is 3. The standard InChI is InChI=1S/C24H18BrN3O4/c1-16-21(24(29)27(26-16)19-7-3-2-4-8-19)13-17-10-11-23(22(25)14-17)32-15-18-6-5-9-20(12-18)28(30)31/h2-14H,15H2,1H3/b21-13+. The molecule has 1 heterocycles. The second-order valence-corrected chi connectivity index (χ2v) is 7.96. The van der Waals surface area contributed by atoms with E-state index in [9.17, 15) is 14.9 Å². The van der Waals surface area contributed by atoms with Crippen LogP contribution in [0.3, 0.4) is 0 Å². The molecule has 3 aromatic carbocycles. The van der Waals surface area contributed by atoms with Gasteiger partial charge in [0, 0.05) is 12.1 Å². The van der Waals surface area contributed by atoms with Crippen molar-refractivity contribution >= 4 is 45.0 Å². The Morgan fingerprint density at radius 2 is 1.88 bits per heavy atom. The minimum Gasteiger partial charge on any atom is -0.488 e. The zero-order valence-electron chi connectivity index (χ0n) is 17.1. The highest BCUT2D eigenvalue weighted by Crippen LogP contribution is 2.30. The fourth-order valence-electron chi connectivity index (χ4n) is 3.24. The van der Waals surface area contributed by atoms with Crippen LogP contribution in [0, 0.1) is 10.1 Å². The van der Waals surface area contributed by atoms with E-state index in [0.29, 0.717) is 32.8 Å². The van der Waals surface area contributed by atoms with Gasteiger partial charge >= 0.3 is 0 Å². The highest BCUT2D eigenvalue weighted by atomic mass is 79.9. The van der Waals surface area contributed by atoms with E-state index in [1.807, 2.05) is 42.5 Å². The Morgan fingerprint density at radius 3 is 2.59 bits per heavy atom. The first kappa shape index (κ1) is 21.5. The van der Waals surface area contributed by atoms with Crippen LogP contribution >= 0.6 is 15.9 Å². The maximum absolute atomic E-state index is 12.9. The van der Waals surface area contributed by atoms with Crippen molar-refractivity contribution in [2.75, 3.05) is 5.01 Å². The Kier molecular flexibility index (Phi) is 6.13. The summed E-state index contributed by atoms with van der Waals surface area (Å²) in [5, 5.41) is 16.7. The predicted molar refractivity (Wildman–Crippen MR) is 127 cm³/mol. The Bertz CT molecular complexity index is 1260. The number of para-hydroxylation sites is 1. The summed E-state index contributed by atoms with van der Waals surface area (Å²) in [5.74, 6) is 0.406. The summed E-state index contributed by atoms with van der Waals surface area (Å²) >= 11 is 3.50. The molecule has 0 bridgehead atoms. The monoisotopic (exact) mass is 491 g/mol. The molecule has 0 N–H and O–H groups in total. The van der Waals surface area contributed by atoms with E-state index in [2.05, 4.69) is 21.0 Å². The molecule has 3 aromatic rings. The molecule has 7 nitrogen and oxygen atoms in total. The number of hydrazone groups is 1. The molecule has 0 aromatic heterocycles. The maximum Gasteiger partial charge on any atom is 0.280 e. The number of carbonyl (C=O) groups is 1. The van der Waals surface area contributed by atoms with Crippen LogP contribution in [0.2, 0.25) is 0 Å². The number of anilines is 1. The first-order chi connectivity index (χ1) is 15.4. The fraction of sp³-hybridized carbons (Fsp3) is 0.0833. The number of halogens is 1. The molecular weight excluding hydrogens is 474 g/mol. The van der Waals surface area contributed by atoms with Crippen LogP contribution in [-0.4, -0.2) is 16.5 Å². The quantitative estimate of drug-likeness (QED) is 0.250. The molecule has 1 aliphatic rings. The average molecular weight is 492 g/mol. The fourth-order valence-corrected chi connectivity index (χ4v) is 3.75. The van der Waals surface area contributed by atoms with E-state index in [1.54, 1.807) is 31.2 Å². The number of rotatable bonds is 6. The molecular formula is C24H18BrN3O4. The summed E-state index contributed by atoms with van der Waals surface area (Å²) in [5.41, 5.74) is 3.40. The van der Waals surface area contributed by atoms with Gasteiger partial charge in [0.15, 0.2) is 0 Å². The smallest absolute Gasteiger partial charge is 0.280 e. The van der Waals surface area contributed by atoms with E-state index in [4.69, 9.17) is 4.74 Å². The minimum atomic E-state index is -0.434. The zero-order chi connectivity index (χ0) is 22.7. The molecule has 4 rings (SSSR count). The van der Waals surface area contributed by atoms with E-state index >= 15 is 0 Å². The van der Waals surface area contributed by atoms with Gasteiger partial charge in [0.1, 0.15) is 12.4 Å². The van der Waals surface area contributed by atoms with E-state index in [0.717, 1.165) is 5.56 Å².